The van der Waals surface area contributed by atoms with Gasteiger partial charge in [0.25, 0.3) is 5.82 Å². The number of hydrogen-bond acceptors (Lipinski definition) is 7. The normalized spacial score (nSPS) is 16.1. The third-order valence-corrected chi connectivity index (χ3v) is 3.19. The lowest BCUT2D eigenvalue weighted by atomic mass is 10.3. The SMILES string of the molecule is N#Cc1ncn(CN2CCN(c3ncccn3)CC2)n1. The Labute approximate surface area is 116 Å². The first kappa shape index (κ1) is 12.5. The summed E-state index contributed by atoms with van der Waals surface area (Å²) in [5.74, 6) is 0.987. The highest BCUT2D eigenvalue weighted by Gasteiger charge is 2.19. The number of piperazine rings is 1. The average Bonchev–Trinajstić information content (AvgIpc) is 2.97. The second kappa shape index (κ2) is 5.63. The van der Waals surface area contributed by atoms with Crippen LogP contribution in [0.25, 0.3) is 0 Å². The fourth-order valence-electron chi connectivity index (χ4n) is 2.16. The average molecular weight is 270 g/mol. The summed E-state index contributed by atoms with van der Waals surface area (Å²) < 4.78 is 1.69. The van der Waals surface area contributed by atoms with Crippen molar-refractivity contribution in [3.05, 3.63) is 30.6 Å². The Balaban J connectivity index is 1.55. The van der Waals surface area contributed by atoms with Gasteiger partial charge in [0.05, 0.1) is 6.67 Å². The number of nitrogens with zero attached hydrogens (tertiary/aromatic N) is 8. The van der Waals surface area contributed by atoms with E-state index in [1.807, 2.05) is 12.1 Å². The molecule has 0 amide bonds. The molecule has 0 aliphatic carbocycles. The monoisotopic (exact) mass is 270 g/mol. The number of hydrogen-bond donors (Lipinski definition) is 0. The molecular weight excluding hydrogens is 256 g/mol. The smallest absolute Gasteiger partial charge is 0.252 e. The van der Waals surface area contributed by atoms with Crippen molar-refractivity contribution >= 4 is 5.95 Å². The third-order valence-electron chi connectivity index (χ3n) is 3.19. The molecule has 2 aromatic rings. The Morgan fingerprint density at radius 3 is 2.50 bits per heavy atom. The van der Waals surface area contributed by atoms with Crippen LogP contribution in [-0.4, -0.2) is 55.8 Å². The van der Waals surface area contributed by atoms with Crippen LogP contribution in [0.4, 0.5) is 5.95 Å². The maximum atomic E-state index is 8.70. The highest BCUT2D eigenvalue weighted by Crippen LogP contribution is 2.09. The molecule has 2 aromatic heterocycles. The van der Waals surface area contributed by atoms with Crippen LogP contribution in [0, 0.1) is 11.3 Å². The zero-order valence-corrected chi connectivity index (χ0v) is 10.9. The van der Waals surface area contributed by atoms with E-state index in [1.54, 1.807) is 23.4 Å². The number of nitriles is 1. The summed E-state index contributed by atoms with van der Waals surface area (Å²) in [5, 5.41) is 12.8. The van der Waals surface area contributed by atoms with Crippen molar-refractivity contribution in [3.8, 4) is 6.07 Å². The van der Waals surface area contributed by atoms with Gasteiger partial charge in [-0.05, 0) is 6.07 Å². The molecule has 0 N–H and O–H groups in total. The summed E-state index contributed by atoms with van der Waals surface area (Å²) in [4.78, 5) is 16.8. The van der Waals surface area contributed by atoms with Gasteiger partial charge in [-0.1, -0.05) is 0 Å². The Bertz CT molecular complexity index is 593. The highest BCUT2D eigenvalue weighted by atomic mass is 15.4. The van der Waals surface area contributed by atoms with E-state index in [4.69, 9.17) is 5.26 Å². The first-order valence-corrected chi connectivity index (χ1v) is 6.39. The molecule has 0 radical (unpaired) electrons. The second-order valence-electron chi connectivity index (χ2n) is 4.51. The zero-order chi connectivity index (χ0) is 13.8. The fraction of sp³-hybridized carbons (Fsp3) is 0.417. The molecule has 0 saturated carbocycles. The van der Waals surface area contributed by atoms with Gasteiger partial charge in [0, 0.05) is 38.6 Å². The van der Waals surface area contributed by atoms with Crippen LogP contribution in [0.5, 0.6) is 0 Å². The molecule has 3 rings (SSSR count). The summed E-state index contributed by atoms with van der Waals surface area (Å²) in [6.45, 7) is 4.21. The van der Waals surface area contributed by atoms with Gasteiger partial charge in [-0.3, -0.25) is 4.90 Å². The molecule has 0 bridgehead atoms. The van der Waals surface area contributed by atoms with E-state index < -0.39 is 0 Å². The third kappa shape index (κ3) is 2.73. The minimum absolute atomic E-state index is 0.210. The fourth-order valence-corrected chi connectivity index (χ4v) is 2.16. The van der Waals surface area contributed by atoms with Gasteiger partial charge in [-0.15, -0.1) is 5.10 Å². The van der Waals surface area contributed by atoms with Crippen molar-refractivity contribution < 1.29 is 0 Å². The van der Waals surface area contributed by atoms with Gasteiger partial charge in [-0.2, -0.15) is 5.26 Å². The van der Waals surface area contributed by atoms with Crippen molar-refractivity contribution in [1.82, 2.24) is 29.6 Å². The van der Waals surface area contributed by atoms with Crippen molar-refractivity contribution in [3.63, 3.8) is 0 Å². The van der Waals surface area contributed by atoms with E-state index >= 15 is 0 Å². The summed E-state index contributed by atoms with van der Waals surface area (Å²) in [6, 6.07) is 3.74. The molecule has 3 heterocycles. The van der Waals surface area contributed by atoms with Gasteiger partial charge < -0.3 is 4.90 Å². The predicted molar refractivity (Wildman–Crippen MR) is 70.6 cm³/mol. The number of aromatic nitrogens is 5. The van der Waals surface area contributed by atoms with E-state index in [0.29, 0.717) is 6.67 Å². The van der Waals surface area contributed by atoms with Crippen LogP contribution < -0.4 is 4.90 Å². The molecule has 102 valence electrons. The van der Waals surface area contributed by atoms with Crippen molar-refractivity contribution in [1.29, 1.82) is 5.26 Å². The first-order chi connectivity index (χ1) is 9.85. The van der Waals surface area contributed by atoms with E-state index in [-0.39, 0.29) is 5.82 Å². The van der Waals surface area contributed by atoms with Gasteiger partial charge in [0.2, 0.25) is 5.95 Å². The molecule has 8 nitrogen and oxygen atoms in total. The minimum atomic E-state index is 0.210. The summed E-state index contributed by atoms with van der Waals surface area (Å²) in [7, 11) is 0. The highest BCUT2D eigenvalue weighted by molar-refractivity contribution is 5.29. The summed E-state index contributed by atoms with van der Waals surface area (Å²) in [6.07, 6.45) is 5.10. The summed E-state index contributed by atoms with van der Waals surface area (Å²) in [5.41, 5.74) is 0. The van der Waals surface area contributed by atoms with E-state index in [1.165, 1.54) is 0 Å². The Morgan fingerprint density at radius 2 is 1.85 bits per heavy atom. The van der Waals surface area contributed by atoms with Crippen molar-refractivity contribution in [2.45, 2.75) is 6.67 Å². The number of anilines is 1. The maximum Gasteiger partial charge on any atom is 0.252 e. The standard InChI is InChI=1S/C12H14N8/c13-8-11-16-9-20(17-11)10-18-4-6-19(7-5-18)12-14-2-1-3-15-12/h1-3,9H,4-7,10H2. The molecule has 0 atom stereocenters. The quantitative estimate of drug-likeness (QED) is 0.758. The molecule has 20 heavy (non-hydrogen) atoms. The van der Waals surface area contributed by atoms with E-state index in [9.17, 15) is 0 Å². The largest absolute Gasteiger partial charge is 0.338 e. The molecule has 1 fully saturated rings. The van der Waals surface area contributed by atoms with Crippen molar-refractivity contribution in [2.75, 3.05) is 31.1 Å². The second-order valence-corrected chi connectivity index (χ2v) is 4.51. The first-order valence-electron chi connectivity index (χ1n) is 6.39. The number of rotatable bonds is 3. The van der Waals surface area contributed by atoms with Crippen LogP contribution in [0.15, 0.2) is 24.8 Å². The Morgan fingerprint density at radius 1 is 1.10 bits per heavy atom. The molecule has 1 aliphatic rings. The molecule has 0 unspecified atom stereocenters. The Hall–Kier alpha value is -2.53. The van der Waals surface area contributed by atoms with Crippen LogP contribution in [0.2, 0.25) is 0 Å². The minimum Gasteiger partial charge on any atom is -0.338 e. The Kier molecular flexibility index (Phi) is 3.52. The lowest BCUT2D eigenvalue weighted by molar-refractivity contribution is 0.195. The van der Waals surface area contributed by atoms with Crippen molar-refractivity contribution in [2.24, 2.45) is 0 Å². The lowest BCUT2D eigenvalue weighted by Crippen LogP contribution is -2.47. The molecule has 8 heteroatoms. The molecule has 1 aliphatic heterocycles. The molecule has 0 spiro atoms. The van der Waals surface area contributed by atoms with Crippen LogP contribution in [-0.2, 0) is 6.67 Å². The van der Waals surface area contributed by atoms with E-state index in [2.05, 4.69) is 29.9 Å². The summed E-state index contributed by atoms with van der Waals surface area (Å²) >= 11 is 0. The van der Waals surface area contributed by atoms with Crippen LogP contribution in [0.1, 0.15) is 5.82 Å². The van der Waals surface area contributed by atoms with Gasteiger partial charge in [0.15, 0.2) is 0 Å². The topological polar surface area (TPSA) is 86.8 Å². The van der Waals surface area contributed by atoms with Crippen LogP contribution >= 0.6 is 0 Å². The zero-order valence-electron chi connectivity index (χ0n) is 10.9. The van der Waals surface area contributed by atoms with Gasteiger partial charge in [0.1, 0.15) is 12.4 Å². The molecule has 0 aromatic carbocycles. The van der Waals surface area contributed by atoms with Gasteiger partial charge >= 0.3 is 0 Å². The maximum absolute atomic E-state index is 8.70. The molecule has 1 saturated heterocycles. The molecular formula is C12H14N8. The predicted octanol–water partition coefficient (Wildman–Crippen LogP) is -0.281. The van der Waals surface area contributed by atoms with Gasteiger partial charge in [-0.25, -0.2) is 19.6 Å². The van der Waals surface area contributed by atoms with Crippen LogP contribution in [0.3, 0.4) is 0 Å². The van der Waals surface area contributed by atoms with E-state index in [0.717, 1.165) is 32.1 Å². The lowest BCUT2D eigenvalue weighted by Gasteiger charge is -2.34.